The summed E-state index contributed by atoms with van der Waals surface area (Å²) in [4.78, 5) is 10.7. The van der Waals surface area contributed by atoms with Gasteiger partial charge >= 0.3 is 0 Å². The molecule has 10 heavy (non-hydrogen) atoms. The highest BCUT2D eigenvalue weighted by atomic mass is 35.6. The molecular formula is C5H5Cl3O2. The normalized spacial score (nSPS) is 12.0. The summed E-state index contributed by atoms with van der Waals surface area (Å²) in [6.45, 7) is 0. The third-order valence-corrected chi connectivity index (χ3v) is 1.19. The molecule has 0 spiro atoms. The molecule has 0 aromatic heterocycles. The van der Waals surface area contributed by atoms with Crippen LogP contribution in [-0.2, 0) is 9.53 Å². The summed E-state index contributed by atoms with van der Waals surface area (Å²) in [5.41, 5.74) is 0. The van der Waals surface area contributed by atoms with Crippen molar-refractivity contribution >= 4 is 40.6 Å². The van der Waals surface area contributed by atoms with E-state index in [1.165, 1.54) is 7.11 Å². The van der Waals surface area contributed by atoms with Gasteiger partial charge in [0, 0.05) is 6.08 Å². The van der Waals surface area contributed by atoms with E-state index in [0.717, 1.165) is 12.3 Å². The molecular weight excluding hydrogens is 198 g/mol. The Bertz CT molecular complexity index is 147. The first-order valence-electron chi connectivity index (χ1n) is 2.29. The van der Waals surface area contributed by atoms with Gasteiger partial charge in [0.2, 0.25) is 5.78 Å². The second-order valence-corrected chi connectivity index (χ2v) is 3.68. The summed E-state index contributed by atoms with van der Waals surface area (Å²) in [7, 11) is 1.39. The SMILES string of the molecule is CO/C=C/C(=O)C(Cl)(Cl)Cl. The molecule has 0 N–H and O–H groups in total. The van der Waals surface area contributed by atoms with Crippen molar-refractivity contribution in [3.05, 3.63) is 12.3 Å². The van der Waals surface area contributed by atoms with Gasteiger partial charge in [-0.3, -0.25) is 4.79 Å². The maximum atomic E-state index is 10.7. The molecule has 0 atom stereocenters. The molecule has 0 aromatic rings. The van der Waals surface area contributed by atoms with Crippen molar-refractivity contribution < 1.29 is 9.53 Å². The molecule has 0 aliphatic heterocycles. The van der Waals surface area contributed by atoms with Gasteiger partial charge in [-0.05, 0) is 0 Å². The van der Waals surface area contributed by atoms with E-state index in [0.29, 0.717) is 0 Å². The van der Waals surface area contributed by atoms with Gasteiger partial charge in [-0.1, -0.05) is 34.8 Å². The third-order valence-electron chi connectivity index (χ3n) is 0.635. The Morgan fingerprint density at radius 2 is 2.00 bits per heavy atom. The summed E-state index contributed by atoms with van der Waals surface area (Å²) in [6.07, 6.45) is 2.19. The lowest BCUT2D eigenvalue weighted by molar-refractivity contribution is -0.113. The lowest BCUT2D eigenvalue weighted by Gasteiger charge is -2.03. The summed E-state index contributed by atoms with van der Waals surface area (Å²) < 4.78 is 2.55. The number of ether oxygens (including phenoxy) is 1. The van der Waals surface area contributed by atoms with Crippen LogP contribution in [-0.4, -0.2) is 16.7 Å². The Balaban J connectivity index is 3.98. The van der Waals surface area contributed by atoms with Crippen LogP contribution in [0.25, 0.3) is 0 Å². The highest BCUT2D eigenvalue weighted by molar-refractivity contribution is 6.77. The molecule has 0 fully saturated rings. The van der Waals surface area contributed by atoms with Crippen molar-refractivity contribution in [1.82, 2.24) is 0 Å². The summed E-state index contributed by atoms with van der Waals surface area (Å²) in [5, 5.41) is 0. The number of rotatable bonds is 2. The Labute approximate surface area is 73.7 Å². The maximum absolute atomic E-state index is 10.7. The topological polar surface area (TPSA) is 26.3 Å². The van der Waals surface area contributed by atoms with Crippen LogP contribution < -0.4 is 0 Å². The molecule has 5 heteroatoms. The van der Waals surface area contributed by atoms with E-state index in [9.17, 15) is 4.79 Å². The largest absolute Gasteiger partial charge is 0.504 e. The van der Waals surface area contributed by atoms with Gasteiger partial charge in [0.25, 0.3) is 3.79 Å². The molecule has 0 heterocycles. The zero-order valence-corrected chi connectivity index (χ0v) is 7.37. The quantitative estimate of drug-likeness (QED) is 0.390. The van der Waals surface area contributed by atoms with Gasteiger partial charge in [0.05, 0.1) is 13.4 Å². The van der Waals surface area contributed by atoms with Gasteiger partial charge in [0.15, 0.2) is 0 Å². The summed E-state index contributed by atoms with van der Waals surface area (Å²) in [6, 6.07) is 0. The minimum absolute atomic E-state index is 0.626. The molecule has 0 amide bonds. The molecule has 58 valence electrons. The van der Waals surface area contributed by atoms with Gasteiger partial charge in [-0.2, -0.15) is 0 Å². The number of ketones is 1. The fourth-order valence-electron chi connectivity index (χ4n) is 0.224. The number of carbonyl (C=O) groups excluding carboxylic acids is 1. The second kappa shape index (κ2) is 4.06. The first-order valence-corrected chi connectivity index (χ1v) is 3.42. The van der Waals surface area contributed by atoms with E-state index in [4.69, 9.17) is 34.8 Å². The Morgan fingerprint density at radius 1 is 1.50 bits per heavy atom. The number of alkyl halides is 3. The summed E-state index contributed by atoms with van der Waals surface area (Å²) >= 11 is 15.6. The van der Waals surface area contributed by atoms with Crippen LogP contribution in [0.4, 0.5) is 0 Å². The molecule has 0 aliphatic carbocycles. The fourth-order valence-corrected chi connectivity index (χ4v) is 0.413. The first-order chi connectivity index (χ1) is 4.48. The fraction of sp³-hybridized carbons (Fsp3) is 0.400. The van der Waals surface area contributed by atoms with Crippen molar-refractivity contribution in [2.24, 2.45) is 0 Å². The molecule has 2 nitrogen and oxygen atoms in total. The number of carbonyl (C=O) groups is 1. The van der Waals surface area contributed by atoms with Crippen molar-refractivity contribution in [3.8, 4) is 0 Å². The van der Waals surface area contributed by atoms with Crippen molar-refractivity contribution in [1.29, 1.82) is 0 Å². The lowest BCUT2D eigenvalue weighted by atomic mass is 10.4. The standard InChI is InChI=1S/C5H5Cl3O2/c1-10-3-2-4(9)5(6,7)8/h2-3H,1H3/b3-2+. The zero-order chi connectivity index (χ0) is 8.20. The van der Waals surface area contributed by atoms with E-state index in [1.54, 1.807) is 0 Å². The maximum Gasteiger partial charge on any atom is 0.252 e. The molecule has 0 aliphatic rings. The zero-order valence-electron chi connectivity index (χ0n) is 5.11. The number of halogens is 3. The minimum atomic E-state index is -1.88. The van der Waals surface area contributed by atoms with Crippen molar-refractivity contribution in [3.63, 3.8) is 0 Å². The van der Waals surface area contributed by atoms with Crippen LogP contribution >= 0.6 is 34.8 Å². The number of hydrogen-bond donors (Lipinski definition) is 0. The smallest absolute Gasteiger partial charge is 0.252 e. The number of hydrogen-bond acceptors (Lipinski definition) is 2. The van der Waals surface area contributed by atoms with E-state index in [2.05, 4.69) is 4.74 Å². The summed E-state index contributed by atoms with van der Waals surface area (Å²) in [5.74, 6) is -0.626. The van der Waals surface area contributed by atoms with Gasteiger partial charge in [0.1, 0.15) is 0 Å². The monoisotopic (exact) mass is 202 g/mol. The molecule has 0 saturated carbocycles. The van der Waals surface area contributed by atoms with Gasteiger partial charge in [-0.25, -0.2) is 0 Å². The van der Waals surface area contributed by atoms with E-state index in [1.807, 2.05) is 0 Å². The first kappa shape index (κ1) is 10.1. The molecule has 0 radical (unpaired) electrons. The van der Waals surface area contributed by atoms with Crippen molar-refractivity contribution in [2.45, 2.75) is 3.79 Å². The van der Waals surface area contributed by atoms with Gasteiger partial charge in [-0.15, -0.1) is 0 Å². The molecule has 0 saturated heterocycles. The van der Waals surface area contributed by atoms with E-state index in [-0.39, 0.29) is 0 Å². The number of methoxy groups -OCH3 is 1. The van der Waals surface area contributed by atoms with Crippen LogP contribution in [0.15, 0.2) is 12.3 Å². The average Bonchev–Trinajstić information content (AvgIpc) is 1.80. The number of allylic oxidation sites excluding steroid dienone is 1. The Hall–Kier alpha value is 0.0800. The Morgan fingerprint density at radius 3 is 2.30 bits per heavy atom. The highest BCUT2D eigenvalue weighted by Crippen LogP contribution is 2.27. The van der Waals surface area contributed by atoms with Gasteiger partial charge < -0.3 is 4.74 Å². The van der Waals surface area contributed by atoms with E-state index >= 15 is 0 Å². The highest BCUT2D eigenvalue weighted by Gasteiger charge is 2.27. The second-order valence-electron chi connectivity index (χ2n) is 1.40. The predicted octanol–water partition coefficient (Wildman–Crippen LogP) is 2.09. The molecule has 0 bridgehead atoms. The molecule has 0 unspecified atom stereocenters. The van der Waals surface area contributed by atoms with Crippen LogP contribution in [0, 0.1) is 0 Å². The van der Waals surface area contributed by atoms with Crippen LogP contribution in [0.5, 0.6) is 0 Å². The van der Waals surface area contributed by atoms with E-state index < -0.39 is 9.58 Å². The van der Waals surface area contributed by atoms with Crippen LogP contribution in [0.3, 0.4) is 0 Å². The van der Waals surface area contributed by atoms with Crippen molar-refractivity contribution in [2.75, 3.05) is 7.11 Å². The predicted molar refractivity (Wildman–Crippen MR) is 41.4 cm³/mol. The van der Waals surface area contributed by atoms with Crippen LogP contribution in [0.2, 0.25) is 0 Å². The third kappa shape index (κ3) is 3.99. The van der Waals surface area contributed by atoms with Crippen LogP contribution in [0.1, 0.15) is 0 Å². The lowest BCUT2D eigenvalue weighted by Crippen LogP contribution is -2.15. The minimum Gasteiger partial charge on any atom is -0.504 e. The molecule has 0 rings (SSSR count). The average molecular weight is 203 g/mol. The Kier molecular flexibility index (Phi) is 4.09. The molecule has 0 aromatic carbocycles.